The van der Waals surface area contributed by atoms with Crippen LogP contribution >= 0.6 is 0 Å². The molecule has 124 valence electrons. The molecule has 0 atom stereocenters. The van der Waals surface area contributed by atoms with Gasteiger partial charge in [0.15, 0.2) is 0 Å². The van der Waals surface area contributed by atoms with Gasteiger partial charge in [-0.2, -0.15) is 0 Å². The number of hydrogen-bond acceptors (Lipinski definition) is 3. The molecule has 2 aromatic carbocycles. The summed E-state index contributed by atoms with van der Waals surface area (Å²) in [5.41, 5.74) is 1.06. The van der Waals surface area contributed by atoms with Crippen LogP contribution in [0.15, 0.2) is 53.4 Å². The van der Waals surface area contributed by atoms with E-state index in [1.54, 1.807) is 0 Å². The molecule has 1 N–H and O–H groups in total. The molecule has 2 aromatic rings. The van der Waals surface area contributed by atoms with Gasteiger partial charge in [0.05, 0.1) is 0 Å². The zero-order chi connectivity index (χ0) is 16.9. The normalized spacial score (nSPS) is 11.7. The van der Waals surface area contributed by atoms with E-state index in [0.717, 1.165) is 17.4 Å². The largest absolute Gasteiger partial charge is 0.492 e. The Morgan fingerprint density at radius 2 is 1.74 bits per heavy atom. The van der Waals surface area contributed by atoms with Crippen molar-refractivity contribution in [3.05, 3.63) is 59.9 Å². The minimum Gasteiger partial charge on any atom is -0.492 e. The van der Waals surface area contributed by atoms with Crippen molar-refractivity contribution in [2.24, 2.45) is 0 Å². The van der Waals surface area contributed by atoms with E-state index in [9.17, 15) is 12.8 Å². The molecule has 0 heterocycles. The standard InChI is InChI=1S/C17H20FNO3S/c1-13(2)14-7-3-5-9-16(14)22-12-11-19-23(20,21)17-10-6-4-8-15(17)18/h3-10,13,19H,11-12H2,1-2H3. The quantitative estimate of drug-likeness (QED) is 0.789. The summed E-state index contributed by atoms with van der Waals surface area (Å²) in [4.78, 5) is -0.359. The fourth-order valence-corrected chi connectivity index (χ4v) is 3.26. The van der Waals surface area contributed by atoms with Gasteiger partial charge in [-0.1, -0.05) is 44.2 Å². The Bertz CT molecular complexity index is 760. The molecule has 0 saturated carbocycles. The summed E-state index contributed by atoms with van der Waals surface area (Å²) in [6.07, 6.45) is 0. The lowest BCUT2D eigenvalue weighted by atomic mass is 10.0. The van der Waals surface area contributed by atoms with Crippen molar-refractivity contribution in [1.82, 2.24) is 4.72 Å². The molecule has 0 aromatic heterocycles. The molecule has 0 aliphatic carbocycles. The van der Waals surface area contributed by atoms with Gasteiger partial charge in [0.25, 0.3) is 0 Å². The fourth-order valence-electron chi connectivity index (χ4n) is 2.17. The second kappa shape index (κ2) is 7.57. The van der Waals surface area contributed by atoms with Crippen LogP contribution in [0.3, 0.4) is 0 Å². The summed E-state index contributed by atoms with van der Waals surface area (Å²) in [5, 5.41) is 0. The smallest absolute Gasteiger partial charge is 0.243 e. The molecular formula is C17H20FNO3S. The molecule has 0 fully saturated rings. The Labute approximate surface area is 136 Å². The van der Waals surface area contributed by atoms with Crippen LogP contribution in [-0.2, 0) is 10.0 Å². The highest BCUT2D eigenvalue weighted by Crippen LogP contribution is 2.25. The van der Waals surface area contributed by atoms with Gasteiger partial charge < -0.3 is 4.74 Å². The summed E-state index contributed by atoms with van der Waals surface area (Å²) in [6, 6.07) is 12.9. The van der Waals surface area contributed by atoms with E-state index < -0.39 is 15.8 Å². The molecule has 0 saturated heterocycles. The van der Waals surface area contributed by atoms with Crippen LogP contribution in [0.5, 0.6) is 5.75 Å². The van der Waals surface area contributed by atoms with Gasteiger partial charge in [-0.05, 0) is 29.7 Å². The third-order valence-corrected chi connectivity index (χ3v) is 4.81. The maximum atomic E-state index is 13.6. The van der Waals surface area contributed by atoms with E-state index in [4.69, 9.17) is 4.74 Å². The predicted molar refractivity (Wildman–Crippen MR) is 87.6 cm³/mol. The van der Waals surface area contributed by atoms with Crippen molar-refractivity contribution < 1.29 is 17.5 Å². The van der Waals surface area contributed by atoms with Crippen LogP contribution < -0.4 is 9.46 Å². The molecule has 6 heteroatoms. The highest BCUT2D eigenvalue weighted by atomic mass is 32.2. The minimum atomic E-state index is -3.88. The Hall–Kier alpha value is -1.92. The predicted octanol–water partition coefficient (Wildman–Crippen LogP) is 3.31. The lowest BCUT2D eigenvalue weighted by molar-refractivity contribution is 0.318. The lowest BCUT2D eigenvalue weighted by Gasteiger charge is -2.14. The van der Waals surface area contributed by atoms with Crippen molar-refractivity contribution in [3.63, 3.8) is 0 Å². The van der Waals surface area contributed by atoms with Crippen LogP contribution in [0, 0.1) is 5.82 Å². The van der Waals surface area contributed by atoms with Gasteiger partial charge in [0, 0.05) is 6.54 Å². The molecule has 0 aliphatic rings. The SMILES string of the molecule is CC(C)c1ccccc1OCCNS(=O)(=O)c1ccccc1F. The summed E-state index contributed by atoms with van der Waals surface area (Å²) in [6.45, 7) is 4.34. The van der Waals surface area contributed by atoms with Crippen LogP contribution in [0.1, 0.15) is 25.3 Å². The van der Waals surface area contributed by atoms with E-state index in [-0.39, 0.29) is 18.0 Å². The van der Waals surface area contributed by atoms with Crippen LogP contribution in [0.4, 0.5) is 4.39 Å². The number of hydrogen-bond donors (Lipinski definition) is 1. The number of halogens is 1. The van der Waals surface area contributed by atoms with Gasteiger partial charge in [-0.15, -0.1) is 0 Å². The van der Waals surface area contributed by atoms with Gasteiger partial charge in [0.1, 0.15) is 23.1 Å². The van der Waals surface area contributed by atoms with Gasteiger partial charge in [0.2, 0.25) is 10.0 Å². The van der Waals surface area contributed by atoms with E-state index >= 15 is 0 Å². The molecular weight excluding hydrogens is 317 g/mol. The second-order valence-corrected chi connectivity index (χ2v) is 7.10. The molecule has 4 nitrogen and oxygen atoms in total. The van der Waals surface area contributed by atoms with Gasteiger partial charge in [-0.3, -0.25) is 0 Å². The number of benzene rings is 2. The summed E-state index contributed by atoms with van der Waals surface area (Å²) in [5.74, 6) is 0.264. The zero-order valence-electron chi connectivity index (χ0n) is 13.1. The van der Waals surface area contributed by atoms with E-state index in [1.165, 1.54) is 18.2 Å². The number of ether oxygens (including phenoxy) is 1. The number of nitrogens with one attached hydrogen (secondary N) is 1. The molecule has 23 heavy (non-hydrogen) atoms. The monoisotopic (exact) mass is 337 g/mol. The summed E-state index contributed by atoms with van der Waals surface area (Å²) in [7, 11) is -3.88. The number of para-hydroxylation sites is 1. The fraction of sp³-hybridized carbons (Fsp3) is 0.294. The Kier molecular flexibility index (Phi) is 5.74. The third-order valence-electron chi connectivity index (χ3n) is 3.32. The van der Waals surface area contributed by atoms with Crippen LogP contribution in [0.2, 0.25) is 0 Å². The first kappa shape index (κ1) is 17.4. The van der Waals surface area contributed by atoms with E-state index in [1.807, 2.05) is 24.3 Å². The lowest BCUT2D eigenvalue weighted by Crippen LogP contribution is -2.29. The highest BCUT2D eigenvalue weighted by molar-refractivity contribution is 7.89. The van der Waals surface area contributed by atoms with E-state index in [0.29, 0.717) is 5.92 Å². The topological polar surface area (TPSA) is 55.4 Å². The van der Waals surface area contributed by atoms with Crippen LogP contribution in [0.25, 0.3) is 0 Å². The Morgan fingerprint density at radius 3 is 2.43 bits per heavy atom. The third kappa shape index (κ3) is 4.53. The van der Waals surface area contributed by atoms with Gasteiger partial charge >= 0.3 is 0 Å². The molecule has 0 radical (unpaired) electrons. The maximum Gasteiger partial charge on any atom is 0.243 e. The maximum absolute atomic E-state index is 13.6. The highest BCUT2D eigenvalue weighted by Gasteiger charge is 2.17. The van der Waals surface area contributed by atoms with E-state index in [2.05, 4.69) is 18.6 Å². The molecule has 2 rings (SSSR count). The molecule has 0 bridgehead atoms. The average Bonchev–Trinajstić information content (AvgIpc) is 2.52. The van der Waals surface area contributed by atoms with Gasteiger partial charge in [-0.25, -0.2) is 17.5 Å². The van der Waals surface area contributed by atoms with Crippen molar-refractivity contribution in [3.8, 4) is 5.75 Å². The zero-order valence-corrected chi connectivity index (χ0v) is 13.9. The van der Waals surface area contributed by atoms with Crippen LogP contribution in [-0.4, -0.2) is 21.6 Å². The number of rotatable bonds is 7. The minimum absolute atomic E-state index is 0.0586. The van der Waals surface area contributed by atoms with Crippen molar-refractivity contribution in [2.45, 2.75) is 24.7 Å². The summed E-state index contributed by atoms with van der Waals surface area (Å²) < 4.78 is 45.6. The van der Waals surface area contributed by atoms with Crippen molar-refractivity contribution in [2.75, 3.05) is 13.2 Å². The van der Waals surface area contributed by atoms with Crippen molar-refractivity contribution >= 4 is 10.0 Å². The molecule has 0 aliphatic heterocycles. The Morgan fingerprint density at radius 1 is 1.09 bits per heavy atom. The molecule has 0 spiro atoms. The second-order valence-electron chi connectivity index (χ2n) is 5.37. The Balaban J connectivity index is 1.95. The first-order chi connectivity index (χ1) is 10.9. The summed E-state index contributed by atoms with van der Waals surface area (Å²) >= 11 is 0. The first-order valence-corrected chi connectivity index (χ1v) is 8.86. The molecule has 0 amide bonds. The average molecular weight is 337 g/mol. The van der Waals surface area contributed by atoms with Crippen molar-refractivity contribution in [1.29, 1.82) is 0 Å². The number of sulfonamides is 1. The molecule has 0 unspecified atom stereocenters. The first-order valence-electron chi connectivity index (χ1n) is 7.37.